The van der Waals surface area contributed by atoms with E-state index in [1.54, 1.807) is 24.3 Å². The number of aromatic nitrogens is 1. The van der Waals surface area contributed by atoms with Gasteiger partial charge in [-0.05, 0) is 37.1 Å². The van der Waals surface area contributed by atoms with Crippen molar-refractivity contribution in [2.75, 3.05) is 5.32 Å². The average molecular weight is 339 g/mol. The number of carbonyl (C=O) groups is 1. The normalized spacial score (nSPS) is 15.0. The van der Waals surface area contributed by atoms with Gasteiger partial charge < -0.3 is 9.84 Å². The fraction of sp³-hybridized carbons (Fsp3) is 0.158. The molecule has 1 fully saturated rings. The fourth-order valence-electron chi connectivity index (χ4n) is 2.75. The molecule has 5 heteroatoms. The monoisotopic (exact) mass is 338 g/mol. The van der Waals surface area contributed by atoms with E-state index >= 15 is 0 Å². The van der Waals surface area contributed by atoms with Gasteiger partial charge in [-0.2, -0.15) is 0 Å². The van der Waals surface area contributed by atoms with Crippen molar-refractivity contribution in [2.24, 2.45) is 0 Å². The lowest BCUT2D eigenvalue weighted by Gasteiger charge is -2.12. The minimum atomic E-state index is -0.587. The smallest absolute Gasteiger partial charge is 0.236 e. The predicted octanol–water partition coefficient (Wildman–Crippen LogP) is 4.67. The summed E-state index contributed by atoms with van der Waals surface area (Å²) in [6, 6.07) is 18.7. The van der Waals surface area contributed by atoms with Crippen LogP contribution in [-0.2, 0) is 10.2 Å². The van der Waals surface area contributed by atoms with Gasteiger partial charge in [0.15, 0.2) is 5.76 Å². The molecule has 24 heavy (non-hydrogen) atoms. The van der Waals surface area contributed by atoms with Crippen LogP contribution in [0.4, 0.5) is 5.69 Å². The number of hydrogen-bond donors (Lipinski definition) is 1. The Labute approximate surface area is 144 Å². The highest BCUT2D eigenvalue weighted by Crippen LogP contribution is 2.49. The molecule has 0 radical (unpaired) electrons. The van der Waals surface area contributed by atoms with Crippen LogP contribution in [0.3, 0.4) is 0 Å². The van der Waals surface area contributed by atoms with Crippen LogP contribution >= 0.6 is 11.6 Å². The molecule has 1 aromatic heterocycles. The lowest BCUT2D eigenvalue weighted by atomic mass is 10.00. The second kappa shape index (κ2) is 5.80. The summed E-state index contributed by atoms with van der Waals surface area (Å²) in [5, 5.41) is 7.72. The molecule has 0 spiro atoms. The maximum Gasteiger partial charge on any atom is 0.236 e. The number of benzene rings is 2. The first kappa shape index (κ1) is 15.0. The van der Waals surface area contributed by atoms with Gasteiger partial charge in [-0.15, -0.1) is 0 Å². The van der Waals surface area contributed by atoms with Gasteiger partial charge >= 0.3 is 0 Å². The van der Waals surface area contributed by atoms with Gasteiger partial charge in [0, 0.05) is 22.3 Å². The molecule has 0 atom stereocenters. The molecule has 0 aliphatic heterocycles. The maximum absolute atomic E-state index is 12.7. The quantitative estimate of drug-likeness (QED) is 0.752. The summed E-state index contributed by atoms with van der Waals surface area (Å²) in [5.41, 5.74) is 1.77. The Balaban J connectivity index is 1.56. The molecule has 3 aromatic rings. The SMILES string of the molecule is O=C(Nc1ccc(Cl)cc1)C1(c2cc(-c3ccccc3)on2)CC1. The van der Waals surface area contributed by atoms with E-state index in [2.05, 4.69) is 10.5 Å². The lowest BCUT2D eigenvalue weighted by Crippen LogP contribution is -2.28. The van der Waals surface area contributed by atoms with Gasteiger partial charge in [-0.3, -0.25) is 4.79 Å². The molecule has 0 bridgehead atoms. The lowest BCUT2D eigenvalue weighted by molar-refractivity contribution is -0.118. The summed E-state index contributed by atoms with van der Waals surface area (Å²) in [6.07, 6.45) is 1.54. The molecule has 4 rings (SSSR count). The van der Waals surface area contributed by atoms with Crippen LogP contribution in [0, 0.1) is 0 Å². The van der Waals surface area contributed by atoms with E-state index in [9.17, 15) is 4.79 Å². The molecule has 1 heterocycles. The highest BCUT2D eigenvalue weighted by molar-refractivity contribution is 6.30. The third-order valence-corrected chi connectivity index (χ3v) is 4.60. The summed E-state index contributed by atoms with van der Waals surface area (Å²) in [6.45, 7) is 0. The van der Waals surface area contributed by atoms with E-state index in [-0.39, 0.29) is 5.91 Å². The number of halogens is 1. The molecule has 0 saturated heterocycles. The van der Waals surface area contributed by atoms with E-state index in [1.165, 1.54) is 0 Å². The van der Waals surface area contributed by atoms with Crippen LogP contribution in [0.15, 0.2) is 65.2 Å². The van der Waals surface area contributed by atoms with Gasteiger partial charge in [-0.25, -0.2) is 0 Å². The third-order valence-electron chi connectivity index (χ3n) is 4.35. The first-order valence-electron chi connectivity index (χ1n) is 7.77. The van der Waals surface area contributed by atoms with E-state index in [4.69, 9.17) is 16.1 Å². The van der Waals surface area contributed by atoms with Crippen LogP contribution in [0.1, 0.15) is 18.5 Å². The Bertz CT molecular complexity index is 868. The summed E-state index contributed by atoms with van der Waals surface area (Å²) in [5.74, 6) is 0.619. The molecule has 1 saturated carbocycles. The number of carbonyl (C=O) groups excluding carboxylic acids is 1. The number of amides is 1. The van der Waals surface area contributed by atoms with Crippen molar-refractivity contribution in [3.63, 3.8) is 0 Å². The molecule has 120 valence electrons. The minimum Gasteiger partial charge on any atom is -0.356 e. The van der Waals surface area contributed by atoms with Crippen LogP contribution < -0.4 is 5.32 Å². The van der Waals surface area contributed by atoms with Gasteiger partial charge in [0.25, 0.3) is 0 Å². The fourth-order valence-corrected chi connectivity index (χ4v) is 2.87. The van der Waals surface area contributed by atoms with Crippen molar-refractivity contribution in [3.05, 3.63) is 71.4 Å². The Morgan fingerprint density at radius 2 is 1.79 bits per heavy atom. The first-order valence-corrected chi connectivity index (χ1v) is 8.15. The number of nitrogens with zero attached hydrogens (tertiary/aromatic N) is 1. The first-order chi connectivity index (χ1) is 11.7. The molecular weight excluding hydrogens is 324 g/mol. The van der Waals surface area contributed by atoms with Crippen LogP contribution in [0.25, 0.3) is 11.3 Å². The molecule has 1 amide bonds. The second-order valence-electron chi connectivity index (χ2n) is 5.99. The third kappa shape index (κ3) is 2.69. The zero-order valence-electron chi connectivity index (χ0n) is 12.8. The molecule has 0 unspecified atom stereocenters. The summed E-state index contributed by atoms with van der Waals surface area (Å²) in [7, 11) is 0. The Morgan fingerprint density at radius 1 is 1.08 bits per heavy atom. The molecule has 2 aromatic carbocycles. The predicted molar refractivity (Wildman–Crippen MR) is 92.9 cm³/mol. The van der Waals surface area contributed by atoms with E-state index < -0.39 is 5.41 Å². The van der Waals surface area contributed by atoms with Crippen LogP contribution in [0.5, 0.6) is 0 Å². The Hall–Kier alpha value is -2.59. The van der Waals surface area contributed by atoms with E-state index in [0.29, 0.717) is 16.5 Å². The van der Waals surface area contributed by atoms with Crippen LogP contribution in [0.2, 0.25) is 5.02 Å². The van der Waals surface area contributed by atoms with Crippen molar-refractivity contribution < 1.29 is 9.32 Å². The molecule has 4 nitrogen and oxygen atoms in total. The topological polar surface area (TPSA) is 55.1 Å². The van der Waals surface area contributed by atoms with Crippen molar-refractivity contribution in [1.29, 1.82) is 0 Å². The Kier molecular flexibility index (Phi) is 3.62. The minimum absolute atomic E-state index is 0.0577. The highest BCUT2D eigenvalue weighted by atomic mass is 35.5. The molecular formula is C19H15ClN2O2. The standard InChI is InChI=1S/C19H15ClN2O2/c20-14-6-8-15(9-7-14)21-18(23)19(10-11-19)17-12-16(24-22-17)13-4-2-1-3-5-13/h1-9,12H,10-11H2,(H,21,23). The highest BCUT2D eigenvalue weighted by Gasteiger charge is 2.53. The van der Waals surface area contributed by atoms with Crippen molar-refractivity contribution in [2.45, 2.75) is 18.3 Å². The molecule has 1 N–H and O–H groups in total. The van der Waals surface area contributed by atoms with Crippen molar-refractivity contribution in [3.8, 4) is 11.3 Å². The van der Waals surface area contributed by atoms with Gasteiger partial charge in [0.2, 0.25) is 5.91 Å². The average Bonchev–Trinajstić information content (AvgIpc) is 3.28. The van der Waals surface area contributed by atoms with Crippen molar-refractivity contribution >= 4 is 23.2 Å². The second-order valence-corrected chi connectivity index (χ2v) is 6.42. The number of rotatable bonds is 4. The van der Waals surface area contributed by atoms with Gasteiger partial charge in [0.1, 0.15) is 0 Å². The number of anilines is 1. The molecule has 1 aliphatic rings. The Morgan fingerprint density at radius 3 is 2.46 bits per heavy atom. The van der Waals surface area contributed by atoms with Crippen LogP contribution in [-0.4, -0.2) is 11.1 Å². The van der Waals surface area contributed by atoms with Gasteiger partial charge in [0.05, 0.1) is 11.1 Å². The zero-order chi connectivity index (χ0) is 16.6. The van der Waals surface area contributed by atoms with E-state index in [1.807, 2.05) is 36.4 Å². The van der Waals surface area contributed by atoms with Crippen molar-refractivity contribution in [1.82, 2.24) is 5.16 Å². The molecule has 1 aliphatic carbocycles. The number of nitrogens with one attached hydrogen (secondary N) is 1. The number of hydrogen-bond acceptors (Lipinski definition) is 3. The summed E-state index contributed by atoms with van der Waals surface area (Å²) < 4.78 is 5.45. The maximum atomic E-state index is 12.7. The summed E-state index contributed by atoms with van der Waals surface area (Å²) in [4.78, 5) is 12.7. The zero-order valence-corrected chi connectivity index (χ0v) is 13.6. The van der Waals surface area contributed by atoms with Gasteiger partial charge in [-0.1, -0.05) is 47.1 Å². The van der Waals surface area contributed by atoms with E-state index in [0.717, 1.165) is 24.1 Å². The largest absolute Gasteiger partial charge is 0.356 e. The summed E-state index contributed by atoms with van der Waals surface area (Å²) >= 11 is 5.87.